The first kappa shape index (κ1) is 41.4. The van der Waals surface area contributed by atoms with Crippen molar-refractivity contribution in [2.75, 3.05) is 14.2 Å². The average Bonchev–Trinajstić information content (AvgIpc) is 2.97. The zero-order valence-electron chi connectivity index (χ0n) is 31.5. The van der Waals surface area contributed by atoms with E-state index in [1.807, 2.05) is 6.08 Å². The SMILES string of the molecule is COP(=O)(OC)OC1C=C(C)C(/C=C/C(C)=C/C=C/C(C)=C/C=C/C=C(C)/C=C/C=C(C)/C=C/C2=C(C)CC(O)CC2(C)C)C(C)(C)C1. The van der Waals surface area contributed by atoms with E-state index in [9.17, 15) is 9.67 Å². The minimum Gasteiger partial charge on any atom is -0.393 e. The Kier molecular flexibility index (Phi) is 16.2. The molecule has 1 N–H and O–H groups in total. The standard InChI is InChI=1S/C42H61O5P/c1-31(19-15-21-33(3)23-25-39-35(5)27-37(43)29-41(39,7)8)17-13-14-18-32(2)20-16-22-34(4)24-26-40-36(6)28-38(30-42(40,9)10)47-48(44,45-11)46-12/h13-26,28,37-38,40,43H,27,29-30H2,1-12H3/b14-13+,19-15+,20-16+,25-23+,26-24+,31-17+,32-18+,33-21+,34-22+. The molecule has 264 valence electrons. The second kappa shape index (κ2) is 18.8. The summed E-state index contributed by atoms with van der Waals surface area (Å²) in [5.74, 6) is 0.238. The molecular weight excluding hydrogens is 615 g/mol. The molecule has 48 heavy (non-hydrogen) atoms. The number of rotatable bonds is 14. The van der Waals surface area contributed by atoms with E-state index in [1.54, 1.807) is 0 Å². The van der Waals surface area contributed by atoms with Gasteiger partial charge in [0.05, 0.1) is 12.2 Å². The lowest BCUT2D eigenvalue weighted by molar-refractivity contribution is 0.0827. The fourth-order valence-corrected chi connectivity index (χ4v) is 7.30. The summed E-state index contributed by atoms with van der Waals surface area (Å²) < 4.78 is 28.1. The zero-order valence-corrected chi connectivity index (χ0v) is 32.4. The molecule has 0 fully saturated rings. The summed E-state index contributed by atoms with van der Waals surface area (Å²) in [4.78, 5) is 0. The molecular formula is C42H61O5P. The van der Waals surface area contributed by atoms with Gasteiger partial charge in [0.25, 0.3) is 0 Å². The smallest absolute Gasteiger partial charge is 0.393 e. The van der Waals surface area contributed by atoms with Crippen molar-refractivity contribution >= 4 is 7.82 Å². The molecule has 2 aliphatic rings. The zero-order chi connectivity index (χ0) is 36.1. The Morgan fingerprint density at radius 2 is 1.29 bits per heavy atom. The van der Waals surface area contributed by atoms with Gasteiger partial charge in [0, 0.05) is 20.1 Å². The molecule has 0 spiro atoms. The fourth-order valence-electron chi connectivity index (χ4n) is 6.51. The van der Waals surface area contributed by atoms with Crippen LogP contribution in [0.5, 0.6) is 0 Å². The summed E-state index contributed by atoms with van der Waals surface area (Å²) in [7, 11) is -0.868. The van der Waals surface area contributed by atoms with Gasteiger partial charge < -0.3 is 5.11 Å². The van der Waals surface area contributed by atoms with E-state index < -0.39 is 7.82 Å². The maximum absolute atomic E-state index is 12.5. The second-order valence-electron chi connectivity index (χ2n) is 14.6. The van der Waals surface area contributed by atoms with Gasteiger partial charge in [-0.15, -0.1) is 0 Å². The first-order valence-electron chi connectivity index (χ1n) is 17.0. The molecule has 2 aliphatic carbocycles. The lowest BCUT2D eigenvalue weighted by Crippen LogP contribution is -2.33. The van der Waals surface area contributed by atoms with Crippen LogP contribution in [0.3, 0.4) is 0 Å². The number of hydrogen-bond donors (Lipinski definition) is 1. The fraction of sp³-hybridized carbons (Fsp3) is 0.476. The molecule has 0 aromatic carbocycles. The van der Waals surface area contributed by atoms with Crippen LogP contribution in [-0.2, 0) is 18.1 Å². The third kappa shape index (κ3) is 13.6. The molecule has 0 saturated carbocycles. The minimum absolute atomic E-state index is 0.00604. The predicted octanol–water partition coefficient (Wildman–Crippen LogP) is 11.8. The van der Waals surface area contributed by atoms with E-state index in [4.69, 9.17) is 13.6 Å². The highest BCUT2D eigenvalue weighted by atomic mass is 31.2. The van der Waals surface area contributed by atoms with Crippen molar-refractivity contribution in [2.24, 2.45) is 16.7 Å². The highest BCUT2D eigenvalue weighted by Gasteiger charge is 2.39. The van der Waals surface area contributed by atoms with E-state index in [2.05, 4.69) is 154 Å². The van der Waals surface area contributed by atoms with Gasteiger partial charge in [0.15, 0.2) is 0 Å². The monoisotopic (exact) mass is 676 g/mol. The van der Waals surface area contributed by atoms with Gasteiger partial charge in [-0.25, -0.2) is 4.57 Å². The molecule has 0 aliphatic heterocycles. The summed E-state index contributed by atoms with van der Waals surface area (Å²) in [6, 6.07) is 0. The summed E-state index contributed by atoms with van der Waals surface area (Å²) in [6.45, 7) is 21.5. The molecule has 3 unspecified atom stereocenters. The number of allylic oxidation sites excluding steroid dienone is 20. The molecule has 0 radical (unpaired) electrons. The van der Waals surface area contributed by atoms with Crippen molar-refractivity contribution in [3.8, 4) is 0 Å². The Balaban J connectivity index is 1.93. The molecule has 0 bridgehead atoms. The second-order valence-corrected chi connectivity index (χ2v) is 16.5. The van der Waals surface area contributed by atoms with Crippen molar-refractivity contribution in [1.29, 1.82) is 0 Å². The van der Waals surface area contributed by atoms with Crippen LogP contribution in [0.4, 0.5) is 0 Å². The summed E-state index contributed by atoms with van der Waals surface area (Å²) in [6.07, 6.45) is 33.5. The quantitative estimate of drug-likeness (QED) is 0.113. The van der Waals surface area contributed by atoms with Crippen molar-refractivity contribution in [3.05, 3.63) is 130 Å². The van der Waals surface area contributed by atoms with E-state index in [1.165, 1.54) is 42.1 Å². The van der Waals surface area contributed by atoms with E-state index in [0.29, 0.717) is 6.42 Å². The third-order valence-electron chi connectivity index (χ3n) is 9.03. The van der Waals surface area contributed by atoms with Crippen LogP contribution in [-0.4, -0.2) is 31.5 Å². The molecule has 0 heterocycles. The highest BCUT2D eigenvalue weighted by Crippen LogP contribution is 2.52. The summed E-state index contributed by atoms with van der Waals surface area (Å²) in [5.41, 5.74) is 8.39. The highest BCUT2D eigenvalue weighted by molar-refractivity contribution is 7.48. The molecule has 0 aromatic rings. The van der Waals surface area contributed by atoms with Gasteiger partial charge in [-0.1, -0.05) is 152 Å². The maximum Gasteiger partial charge on any atom is 0.474 e. The van der Waals surface area contributed by atoms with Crippen molar-refractivity contribution in [2.45, 2.75) is 101 Å². The van der Waals surface area contributed by atoms with E-state index >= 15 is 0 Å². The van der Waals surface area contributed by atoms with Crippen LogP contribution in [0.15, 0.2) is 130 Å². The van der Waals surface area contributed by atoms with Crippen LogP contribution in [0.2, 0.25) is 0 Å². The van der Waals surface area contributed by atoms with Gasteiger partial charge in [0.1, 0.15) is 0 Å². The minimum atomic E-state index is -3.54. The molecule has 0 amide bonds. The van der Waals surface area contributed by atoms with Gasteiger partial charge in [-0.2, -0.15) is 0 Å². The van der Waals surface area contributed by atoms with Crippen LogP contribution in [0.1, 0.15) is 88.5 Å². The summed E-state index contributed by atoms with van der Waals surface area (Å²) in [5, 5.41) is 10.1. The average molecular weight is 677 g/mol. The normalized spacial score (nSPS) is 25.1. The molecule has 5 nitrogen and oxygen atoms in total. The van der Waals surface area contributed by atoms with Crippen LogP contribution in [0.25, 0.3) is 0 Å². The van der Waals surface area contributed by atoms with Crippen molar-refractivity contribution < 1.29 is 23.2 Å². The van der Waals surface area contributed by atoms with Crippen LogP contribution in [0, 0.1) is 16.7 Å². The lowest BCUT2D eigenvalue weighted by atomic mass is 9.67. The maximum atomic E-state index is 12.5. The summed E-state index contributed by atoms with van der Waals surface area (Å²) >= 11 is 0. The van der Waals surface area contributed by atoms with E-state index in [-0.39, 0.29) is 29.0 Å². The Labute approximate surface area is 292 Å². The van der Waals surface area contributed by atoms with Crippen LogP contribution < -0.4 is 0 Å². The first-order chi connectivity index (χ1) is 22.4. The number of phosphoric ester groups is 1. The first-order valence-corrected chi connectivity index (χ1v) is 18.4. The largest absolute Gasteiger partial charge is 0.474 e. The number of hydrogen-bond acceptors (Lipinski definition) is 5. The molecule has 6 heteroatoms. The molecule has 3 atom stereocenters. The lowest BCUT2D eigenvalue weighted by Gasteiger charge is -2.40. The number of phosphoric acid groups is 1. The topological polar surface area (TPSA) is 65.0 Å². The van der Waals surface area contributed by atoms with Gasteiger partial charge >= 0.3 is 7.82 Å². The Hall–Kier alpha value is -2.79. The van der Waals surface area contributed by atoms with Gasteiger partial charge in [-0.3, -0.25) is 13.6 Å². The van der Waals surface area contributed by atoms with Gasteiger partial charge in [-0.05, 0) is 77.2 Å². The number of aliphatic hydroxyl groups is 1. The predicted molar refractivity (Wildman–Crippen MR) is 205 cm³/mol. The Morgan fingerprint density at radius 1 is 0.792 bits per heavy atom. The molecule has 2 rings (SSSR count). The molecule has 0 aromatic heterocycles. The van der Waals surface area contributed by atoms with Gasteiger partial charge in [0.2, 0.25) is 0 Å². The van der Waals surface area contributed by atoms with Crippen molar-refractivity contribution in [1.82, 2.24) is 0 Å². The molecule has 0 saturated heterocycles. The Morgan fingerprint density at radius 3 is 1.79 bits per heavy atom. The Bertz CT molecular complexity index is 1490. The van der Waals surface area contributed by atoms with Crippen LogP contribution >= 0.6 is 7.82 Å². The number of aliphatic hydroxyl groups excluding tert-OH is 1. The van der Waals surface area contributed by atoms with Crippen molar-refractivity contribution in [3.63, 3.8) is 0 Å². The van der Waals surface area contributed by atoms with E-state index in [0.717, 1.165) is 24.0 Å². The third-order valence-corrected chi connectivity index (χ3v) is 10.5.